The van der Waals surface area contributed by atoms with Crippen LogP contribution in [0, 0.1) is 5.82 Å². The normalized spacial score (nSPS) is 14.5. The number of nitrogens with zero attached hydrogens (tertiary/aromatic N) is 2. The number of halogens is 2. The maximum absolute atomic E-state index is 13.0. The van der Waals surface area contributed by atoms with E-state index < -0.39 is 18.0 Å². The van der Waals surface area contributed by atoms with Crippen molar-refractivity contribution in [3.63, 3.8) is 0 Å². The molecule has 0 spiro atoms. The molecule has 1 aromatic carbocycles. The highest BCUT2D eigenvalue weighted by Gasteiger charge is 2.20. The molecule has 5 nitrogen and oxygen atoms in total. The van der Waals surface area contributed by atoms with Crippen LogP contribution in [0.2, 0.25) is 5.02 Å². The molecule has 2 unspecified atom stereocenters. The molecule has 1 heterocycles. The molecule has 3 N–H and O–H groups in total. The highest BCUT2D eigenvalue weighted by Crippen LogP contribution is 2.24. The van der Waals surface area contributed by atoms with Crippen molar-refractivity contribution < 1.29 is 14.0 Å². The zero-order chi connectivity index (χ0) is 13.3. The average molecular weight is 272 g/mol. The molecular formula is C11H11ClFN3O2. The smallest absolute Gasteiger partial charge is 0.246 e. The van der Waals surface area contributed by atoms with Crippen molar-refractivity contribution in [1.82, 2.24) is 10.1 Å². The van der Waals surface area contributed by atoms with Crippen molar-refractivity contribution >= 4 is 11.6 Å². The Balaban J connectivity index is 2.32. The molecule has 0 amide bonds. The Kier molecular flexibility index (Phi) is 3.60. The van der Waals surface area contributed by atoms with E-state index in [1.165, 1.54) is 25.1 Å². The van der Waals surface area contributed by atoms with Crippen LogP contribution in [0.15, 0.2) is 22.7 Å². The Morgan fingerprint density at radius 1 is 1.50 bits per heavy atom. The van der Waals surface area contributed by atoms with E-state index in [1.54, 1.807) is 0 Å². The SMILES string of the molecule is CC(O)C(N)c1nc(-c2ccc(F)c(Cl)c2)no1. The second kappa shape index (κ2) is 5.01. The minimum absolute atomic E-state index is 0.0290. The molecule has 1 aromatic heterocycles. The molecule has 2 atom stereocenters. The molecule has 0 aliphatic carbocycles. The van der Waals surface area contributed by atoms with Crippen LogP contribution >= 0.6 is 11.6 Å². The number of aromatic nitrogens is 2. The number of hydrogen-bond donors (Lipinski definition) is 2. The molecule has 2 rings (SSSR count). The summed E-state index contributed by atoms with van der Waals surface area (Å²) >= 11 is 5.66. The summed E-state index contributed by atoms with van der Waals surface area (Å²) in [5.41, 5.74) is 6.16. The molecular weight excluding hydrogens is 261 g/mol. The molecule has 0 radical (unpaired) electrons. The van der Waals surface area contributed by atoms with Gasteiger partial charge in [-0.15, -0.1) is 0 Å². The fourth-order valence-corrected chi connectivity index (χ4v) is 1.51. The zero-order valence-corrected chi connectivity index (χ0v) is 10.2. The van der Waals surface area contributed by atoms with Gasteiger partial charge in [-0.1, -0.05) is 16.8 Å². The van der Waals surface area contributed by atoms with Crippen LogP contribution in [0.1, 0.15) is 18.9 Å². The minimum Gasteiger partial charge on any atom is -0.391 e. The molecule has 7 heteroatoms. The lowest BCUT2D eigenvalue weighted by atomic mass is 10.2. The summed E-state index contributed by atoms with van der Waals surface area (Å²) in [6, 6.07) is 3.31. The molecule has 0 bridgehead atoms. The van der Waals surface area contributed by atoms with Gasteiger partial charge in [0.15, 0.2) is 0 Å². The highest BCUT2D eigenvalue weighted by molar-refractivity contribution is 6.31. The van der Waals surface area contributed by atoms with Crippen molar-refractivity contribution in [2.24, 2.45) is 5.73 Å². The predicted molar refractivity (Wildman–Crippen MR) is 63.3 cm³/mol. The van der Waals surface area contributed by atoms with Gasteiger partial charge in [0.05, 0.1) is 11.1 Å². The maximum Gasteiger partial charge on any atom is 0.246 e. The second-order valence-electron chi connectivity index (χ2n) is 3.85. The highest BCUT2D eigenvalue weighted by atomic mass is 35.5. The van der Waals surface area contributed by atoms with Crippen molar-refractivity contribution in [3.8, 4) is 11.4 Å². The first-order valence-electron chi connectivity index (χ1n) is 5.21. The quantitative estimate of drug-likeness (QED) is 0.891. The van der Waals surface area contributed by atoms with E-state index in [4.69, 9.17) is 21.9 Å². The van der Waals surface area contributed by atoms with Crippen LogP contribution in [-0.2, 0) is 0 Å². The van der Waals surface area contributed by atoms with E-state index in [1.807, 2.05) is 0 Å². The molecule has 0 fully saturated rings. The third kappa shape index (κ3) is 2.50. The summed E-state index contributed by atoms with van der Waals surface area (Å²) in [7, 11) is 0. The Hall–Kier alpha value is -1.50. The van der Waals surface area contributed by atoms with Crippen molar-refractivity contribution in [3.05, 3.63) is 34.9 Å². The van der Waals surface area contributed by atoms with Gasteiger partial charge in [-0.05, 0) is 25.1 Å². The molecule has 2 aromatic rings. The monoisotopic (exact) mass is 271 g/mol. The number of rotatable bonds is 3. The van der Waals surface area contributed by atoms with Gasteiger partial charge in [0, 0.05) is 5.56 Å². The maximum atomic E-state index is 13.0. The Morgan fingerprint density at radius 3 is 2.83 bits per heavy atom. The first kappa shape index (κ1) is 12.9. The van der Waals surface area contributed by atoms with E-state index in [0.29, 0.717) is 5.56 Å². The van der Waals surface area contributed by atoms with Gasteiger partial charge >= 0.3 is 0 Å². The van der Waals surface area contributed by atoms with Crippen LogP contribution < -0.4 is 5.73 Å². The summed E-state index contributed by atoms with van der Waals surface area (Å²) in [6.45, 7) is 1.52. The fourth-order valence-electron chi connectivity index (χ4n) is 1.33. The third-order valence-electron chi connectivity index (χ3n) is 2.42. The summed E-state index contributed by atoms with van der Waals surface area (Å²) in [4.78, 5) is 4.03. The molecule has 18 heavy (non-hydrogen) atoms. The number of aliphatic hydroxyl groups is 1. The molecule has 0 saturated carbocycles. The van der Waals surface area contributed by atoms with Crippen molar-refractivity contribution in [1.29, 1.82) is 0 Å². The van der Waals surface area contributed by atoms with Crippen LogP contribution in [-0.4, -0.2) is 21.4 Å². The van der Waals surface area contributed by atoms with Crippen molar-refractivity contribution in [2.45, 2.75) is 19.1 Å². The lowest BCUT2D eigenvalue weighted by Gasteiger charge is -2.08. The first-order valence-corrected chi connectivity index (χ1v) is 5.59. The first-order chi connectivity index (χ1) is 8.49. The summed E-state index contributed by atoms with van der Waals surface area (Å²) in [5, 5.41) is 13.0. The number of hydrogen-bond acceptors (Lipinski definition) is 5. The van der Waals surface area contributed by atoms with E-state index in [-0.39, 0.29) is 16.7 Å². The molecule has 0 saturated heterocycles. The summed E-state index contributed by atoms with van der Waals surface area (Å²) < 4.78 is 17.9. The minimum atomic E-state index is -0.810. The molecule has 0 aliphatic heterocycles. The average Bonchev–Trinajstić information content (AvgIpc) is 2.81. The van der Waals surface area contributed by atoms with Crippen LogP contribution in [0.25, 0.3) is 11.4 Å². The van der Waals surface area contributed by atoms with Gasteiger partial charge < -0.3 is 15.4 Å². The Labute approximate surface area is 107 Å². The van der Waals surface area contributed by atoms with E-state index in [9.17, 15) is 9.50 Å². The van der Waals surface area contributed by atoms with E-state index in [2.05, 4.69) is 10.1 Å². The van der Waals surface area contributed by atoms with E-state index in [0.717, 1.165) is 0 Å². The number of nitrogens with two attached hydrogens (primary N) is 1. The topological polar surface area (TPSA) is 85.2 Å². The fraction of sp³-hybridized carbons (Fsp3) is 0.273. The molecule has 0 aliphatic rings. The zero-order valence-electron chi connectivity index (χ0n) is 9.47. The Bertz CT molecular complexity index is 559. The lowest BCUT2D eigenvalue weighted by Crippen LogP contribution is -2.23. The summed E-state index contributed by atoms with van der Waals surface area (Å²) in [5.74, 6) is -0.173. The van der Waals surface area contributed by atoms with Gasteiger partial charge in [0.2, 0.25) is 11.7 Å². The van der Waals surface area contributed by atoms with Gasteiger partial charge in [-0.3, -0.25) is 0 Å². The predicted octanol–water partition coefficient (Wildman–Crippen LogP) is 1.91. The van der Waals surface area contributed by atoms with Gasteiger partial charge in [0.25, 0.3) is 0 Å². The van der Waals surface area contributed by atoms with Crippen LogP contribution in [0.5, 0.6) is 0 Å². The van der Waals surface area contributed by atoms with Crippen molar-refractivity contribution in [2.75, 3.05) is 0 Å². The summed E-state index contributed by atoms with van der Waals surface area (Å²) in [6.07, 6.45) is -0.810. The third-order valence-corrected chi connectivity index (χ3v) is 2.71. The standard InChI is InChI=1S/C11H11ClFN3O2/c1-5(17)9(14)11-15-10(16-18-11)6-2-3-8(13)7(12)4-6/h2-5,9,17H,14H2,1H3. The molecule has 96 valence electrons. The van der Waals surface area contributed by atoms with E-state index >= 15 is 0 Å². The van der Waals surface area contributed by atoms with Gasteiger partial charge in [-0.2, -0.15) is 4.98 Å². The van der Waals surface area contributed by atoms with Crippen LogP contribution in [0.3, 0.4) is 0 Å². The van der Waals surface area contributed by atoms with Gasteiger partial charge in [0.1, 0.15) is 11.9 Å². The number of benzene rings is 1. The van der Waals surface area contributed by atoms with Gasteiger partial charge in [-0.25, -0.2) is 4.39 Å². The largest absolute Gasteiger partial charge is 0.391 e. The lowest BCUT2D eigenvalue weighted by molar-refractivity contribution is 0.146. The second-order valence-corrected chi connectivity index (χ2v) is 4.26. The number of aliphatic hydroxyl groups excluding tert-OH is 1. The van der Waals surface area contributed by atoms with Crippen LogP contribution in [0.4, 0.5) is 4.39 Å². The Morgan fingerprint density at radius 2 is 2.22 bits per heavy atom.